The number of carbonyl (C=O) groups excluding carboxylic acids is 1. The second kappa shape index (κ2) is 8.85. The fraction of sp³-hybridized carbons (Fsp3) is 0.650. The Morgan fingerprint density at radius 1 is 1.12 bits per heavy atom. The number of hydrogen-bond donors (Lipinski definition) is 1. The number of carbonyl (C=O) groups is 1. The van der Waals surface area contributed by atoms with Crippen LogP contribution in [0.1, 0.15) is 53.2 Å². The van der Waals surface area contributed by atoms with Gasteiger partial charge in [0, 0.05) is 0 Å². The number of amides is 1. The molecule has 0 aliphatic heterocycles. The molecular weight excluding hydrogens is 330 g/mol. The molecule has 0 radical (unpaired) electrons. The summed E-state index contributed by atoms with van der Waals surface area (Å²) < 4.78 is 11.9. The predicted octanol–water partition coefficient (Wildman–Crippen LogP) is 5.52. The van der Waals surface area contributed by atoms with Crippen LogP contribution in [0.3, 0.4) is 0 Å². The molecule has 2 atom stereocenters. The predicted molar refractivity (Wildman–Crippen MR) is 106 cm³/mol. The van der Waals surface area contributed by atoms with Gasteiger partial charge < -0.3 is 14.5 Å². The molecule has 2 unspecified atom stereocenters. The van der Waals surface area contributed by atoms with Crippen LogP contribution in [0.5, 0.6) is 0 Å². The molecule has 142 valence electrons. The fourth-order valence-electron chi connectivity index (χ4n) is 2.14. The van der Waals surface area contributed by atoms with Gasteiger partial charge in [0.05, 0.1) is 18.8 Å². The van der Waals surface area contributed by atoms with Crippen molar-refractivity contribution in [3.63, 3.8) is 0 Å². The van der Waals surface area contributed by atoms with Crippen LogP contribution < -0.4 is 5.32 Å². The van der Waals surface area contributed by atoms with Gasteiger partial charge in [0.1, 0.15) is 0 Å². The van der Waals surface area contributed by atoms with E-state index >= 15 is 0 Å². The number of hydrogen-bond acceptors (Lipinski definition) is 3. The lowest BCUT2D eigenvalue weighted by molar-refractivity contribution is 0.107. The van der Waals surface area contributed by atoms with Crippen molar-refractivity contribution in [2.24, 2.45) is 5.92 Å². The Labute approximate surface area is 154 Å². The first-order valence-electron chi connectivity index (χ1n) is 9.10. The highest BCUT2D eigenvalue weighted by atomic mass is 28.4. The fourth-order valence-corrected chi connectivity index (χ4v) is 3.47. The molecule has 5 heteroatoms. The van der Waals surface area contributed by atoms with E-state index in [9.17, 15) is 4.79 Å². The third kappa shape index (κ3) is 6.82. The zero-order chi connectivity index (χ0) is 19.3. The molecule has 0 bridgehead atoms. The second-order valence-electron chi connectivity index (χ2n) is 8.63. The third-order valence-electron chi connectivity index (χ3n) is 4.70. The average Bonchev–Trinajstić information content (AvgIpc) is 2.50. The van der Waals surface area contributed by atoms with Gasteiger partial charge in [-0.25, -0.2) is 4.79 Å². The first-order valence-corrected chi connectivity index (χ1v) is 12.0. The summed E-state index contributed by atoms with van der Waals surface area (Å²) in [5, 5.41) is 3.04. The molecule has 1 rings (SSSR count). The number of alkyl carbamates (subject to hydrolysis) is 1. The van der Waals surface area contributed by atoms with E-state index in [4.69, 9.17) is 9.16 Å². The van der Waals surface area contributed by atoms with E-state index in [1.165, 1.54) is 0 Å². The van der Waals surface area contributed by atoms with Gasteiger partial charge in [-0.1, -0.05) is 65.0 Å². The van der Waals surface area contributed by atoms with Crippen molar-refractivity contribution >= 4 is 14.4 Å². The van der Waals surface area contributed by atoms with E-state index in [0.717, 1.165) is 5.56 Å². The number of ether oxygens (including phenoxy) is 1. The Kier molecular flexibility index (Phi) is 7.69. The Balaban J connectivity index is 2.94. The lowest BCUT2D eigenvalue weighted by atomic mass is 10.0. The average molecular weight is 366 g/mol. The number of nitrogens with one attached hydrogen (secondary N) is 1. The molecule has 1 aromatic carbocycles. The molecule has 0 aliphatic carbocycles. The van der Waals surface area contributed by atoms with E-state index in [0.29, 0.717) is 12.5 Å². The van der Waals surface area contributed by atoms with Crippen LogP contribution >= 0.6 is 0 Å². The van der Waals surface area contributed by atoms with Crippen molar-refractivity contribution in [2.75, 3.05) is 6.61 Å². The highest BCUT2D eigenvalue weighted by Crippen LogP contribution is 2.40. The molecule has 1 amide bonds. The van der Waals surface area contributed by atoms with Gasteiger partial charge in [-0.05, 0) is 36.5 Å². The van der Waals surface area contributed by atoms with Crippen LogP contribution in [-0.4, -0.2) is 27.1 Å². The van der Waals surface area contributed by atoms with Crippen LogP contribution in [0.25, 0.3) is 0 Å². The molecule has 1 aromatic rings. The third-order valence-corrected chi connectivity index (χ3v) is 9.16. The van der Waals surface area contributed by atoms with Crippen LogP contribution in [-0.2, 0) is 9.16 Å². The van der Waals surface area contributed by atoms with Gasteiger partial charge in [0.15, 0.2) is 8.32 Å². The molecule has 4 nitrogen and oxygen atoms in total. The summed E-state index contributed by atoms with van der Waals surface area (Å²) >= 11 is 0. The quantitative estimate of drug-likeness (QED) is 0.647. The Morgan fingerprint density at radius 2 is 1.68 bits per heavy atom. The first-order chi connectivity index (χ1) is 11.4. The van der Waals surface area contributed by atoms with E-state index in [2.05, 4.69) is 51.3 Å². The van der Waals surface area contributed by atoms with Crippen LogP contribution in [0.4, 0.5) is 4.79 Å². The highest BCUT2D eigenvalue weighted by Gasteiger charge is 2.40. The normalized spacial score (nSPS) is 14.9. The van der Waals surface area contributed by atoms with Crippen molar-refractivity contribution in [1.29, 1.82) is 0 Å². The molecule has 0 aliphatic rings. The maximum absolute atomic E-state index is 12.1. The molecule has 25 heavy (non-hydrogen) atoms. The Bertz CT molecular complexity index is 538. The van der Waals surface area contributed by atoms with Gasteiger partial charge in [0.2, 0.25) is 0 Å². The molecule has 0 saturated heterocycles. The summed E-state index contributed by atoms with van der Waals surface area (Å²) in [5.74, 6) is 0.314. The summed E-state index contributed by atoms with van der Waals surface area (Å²) in [6.07, 6.45) is -0.588. The molecule has 0 spiro atoms. The van der Waals surface area contributed by atoms with Crippen LogP contribution in [0, 0.1) is 5.92 Å². The van der Waals surface area contributed by atoms with E-state index in [-0.39, 0.29) is 23.3 Å². The molecular formula is C20H35NO3Si. The zero-order valence-electron chi connectivity index (χ0n) is 17.1. The number of rotatable bonds is 7. The van der Waals surface area contributed by atoms with E-state index in [1.54, 1.807) is 0 Å². The summed E-state index contributed by atoms with van der Waals surface area (Å²) in [4.78, 5) is 12.1. The minimum Gasteiger partial charge on any atom is -0.449 e. The van der Waals surface area contributed by atoms with Crippen molar-refractivity contribution in [3.05, 3.63) is 35.9 Å². The zero-order valence-corrected chi connectivity index (χ0v) is 18.1. The Hall–Kier alpha value is -1.33. The number of benzene rings is 1. The van der Waals surface area contributed by atoms with Crippen molar-refractivity contribution in [2.45, 2.75) is 71.8 Å². The Morgan fingerprint density at radius 3 is 2.16 bits per heavy atom. The summed E-state index contributed by atoms with van der Waals surface area (Å²) in [7, 11) is -1.99. The molecule has 0 saturated carbocycles. The maximum Gasteiger partial charge on any atom is 0.407 e. The maximum atomic E-state index is 12.1. The van der Waals surface area contributed by atoms with Gasteiger partial charge in [-0.15, -0.1) is 0 Å². The monoisotopic (exact) mass is 365 g/mol. The molecule has 1 N–H and O–H groups in total. The minimum atomic E-state index is -1.99. The van der Waals surface area contributed by atoms with Crippen molar-refractivity contribution in [1.82, 2.24) is 5.32 Å². The molecule has 0 aromatic heterocycles. The minimum absolute atomic E-state index is 0.0951. The smallest absolute Gasteiger partial charge is 0.407 e. The van der Waals surface area contributed by atoms with E-state index < -0.39 is 8.32 Å². The summed E-state index contributed by atoms with van der Waals surface area (Å²) in [5.41, 5.74) is 1.07. The van der Waals surface area contributed by atoms with Gasteiger partial charge in [-0.2, -0.15) is 0 Å². The van der Waals surface area contributed by atoms with Crippen LogP contribution in [0.2, 0.25) is 18.1 Å². The van der Waals surface area contributed by atoms with Gasteiger partial charge >= 0.3 is 6.09 Å². The first kappa shape index (κ1) is 21.7. The SMILES string of the molecule is CC(C)COC(=O)NC(C)C(O[Si](C)(C)C(C)(C)C)c1ccccc1. The molecule has 0 fully saturated rings. The lowest BCUT2D eigenvalue weighted by Gasteiger charge is -2.41. The highest BCUT2D eigenvalue weighted by molar-refractivity contribution is 6.74. The van der Waals surface area contributed by atoms with Crippen molar-refractivity contribution in [3.8, 4) is 0 Å². The second-order valence-corrected chi connectivity index (χ2v) is 13.4. The van der Waals surface area contributed by atoms with Gasteiger partial charge in [-0.3, -0.25) is 0 Å². The van der Waals surface area contributed by atoms with Gasteiger partial charge in [0.25, 0.3) is 0 Å². The summed E-state index contributed by atoms with van der Waals surface area (Å²) in [6.45, 7) is 17.5. The standard InChI is InChI=1S/C20H35NO3Si/c1-15(2)14-23-19(22)21-16(3)18(17-12-10-9-11-13-17)24-25(7,8)20(4,5)6/h9-13,15-16,18H,14H2,1-8H3,(H,21,22). The molecule has 0 heterocycles. The lowest BCUT2D eigenvalue weighted by Crippen LogP contribution is -2.47. The largest absolute Gasteiger partial charge is 0.449 e. The topological polar surface area (TPSA) is 47.6 Å². The van der Waals surface area contributed by atoms with E-state index in [1.807, 2.05) is 39.0 Å². The van der Waals surface area contributed by atoms with Crippen molar-refractivity contribution < 1.29 is 14.0 Å². The van der Waals surface area contributed by atoms with Crippen LogP contribution in [0.15, 0.2) is 30.3 Å². The summed E-state index contributed by atoms with van der Waals surface area (Å²) in [6, 6.07) is 9.91.